The molecule has 4 nitrogen and oxygen atoms in total. The zero-order valence-corrected chi connectivity index (χ0v) is 7.56. The summed E-state index contributed by atoms with van der Waals surface area (Å²) in [5, 5.41) is 11.3. The average Bonchev–Trinajstić information content (AvgIpc) is 2.33. The lowest BCUT2D eigenvalue weighted by atomic mass is 10.1. The van der Waals surface area contributed by atoms with Crippen LogP contribution in [0.3, 0.4) is 0 Å². The van der Waals surface area contributed by atoms with E-state index in [1.807, 2.05) is 0 Å². The topological polar surface area (TPSA) is 66.4 Å². The number of hydrogen-bond acceptors (Lipinski definition) is 3. The van der Waals surface area contributed by atoms with Crippen molar-refractivity contribution >= 4 is 24.2 Å². The normalized spacial score (nSPS) is 27.8. The number of aliphatic carboxylic acids is 1. The number of hydrogen-bond donors (Lipinski definition) is 2. The summed E-state index contributed by atoms with van der Waals surface area (Å²) in [6.07, 6.45) is 1.20. The van der Waals surface area contributed by atoms with Crippen molar-refractivity contribution in [3.63, 3.8) is 0 Å². The van der Waals surface area contributed by atoms with Gasteiger partial charge in [0.1, 0.15) is 11.8 Å². The maximum Gasteiger partial charge on any atom is 0.320 e. The summed E-state index contributed by atoms with van der Waals surface area (Å²) in [4.78, 5) is 21.2. The molecule has 1 fully saturated rings. The first-order chi connectivity index (χ1) is 5.11. The van der Waals surface area contributed by atoms with Gasteiger partial charge in [0.05, 0.1) is 6.04 Å². The fourth-order valence-corrected chi connectivity index (χ4v) is 1.26. The molecule has 0 amide bonds. The number of ketones is 1. The molecule has 0 aliphatic carbocycles. The van der Waals surface area contributed by atoms with Crippen molar-refractivity contribution in [2.24, 2.45) is 0 Å². The smallest absolute Gasteiger partial charge is 0.320 e. The van der Waals surface area contributed by atoms with Gasteiger partial charge in [-0.2, -0.15) is 0 Å². The van der Waals surface area contributed by atoms with Crippen LogP contribution in [-0.4, -0.2) is 28.9 Å². The Hall–Kier alpha value is -0.610. The van der Waals surface area contributed by atoms with Crippen molar-refractivity contribution in [1.82, 2.24) is 5.32 Å². The maximum atomic E-state index is 10.8. The quantitative estimate of drug-likeness (QED) is 0.658. The Bertz CT molecular complexity index is 175. The number of carbonyl (C=O) groups excluding carboxylic acids is 1. The largest absolute Gasteiger partial charge is 0.480 e. The molecule has 1 rings (SSSR count). The van der Waals surface area contributed by atoms with Crippen LogP contribution in [0.2, 0.25) is 0 Å². The molecule has 1 saturated heterocycles. The van der Waals surface area contributed by atoms with Crippen LogP contribution >= 0.6 is 12.4 Å². The summed E-state index contributed by atoms with van der Waals surface area (Å²) in [6, 6.07) is -0.764. The Morgan fingerprint density at radius 1 is 1.33 bits per heavy atom. The number of Topliss-reactive ketones (excluding diaryl/α,β-unsaturated/α-hetero) is 1. The third-order valence-corrected chi connectivity index (χ3v) is 1.94. The Kier molecular flexibility index (Phi) is 4.20. The lowest BCUT2D eigenvalue weighted by Gasteiger charge is -2.06. The number of halogens is 1. The summed E-state index contributed by atoms with van der Waals surface area (Å²) in [5.41, 5.74) is 0. The van der Waals surface area contributed by atoms with Crippen molar-refractivity contribution in [2.75, 3.05) is 0 Å². The third kappa shape index (κ3) is 2.46. The van der Waals surface area contributed by atoms with E-state index >= 15 is 0 Å². The van der Waals surface area contributed by atoms with E-state index in [9.17, 15) is 9.59 Å². The summed E-state index contributed by atoms with van der Waals surface area (Å²) in [6.45, 7) is 1.47. The summed E-state index contributed by atoms with van der Waals surface area (Å²) in [5.74, 6) is -0.845. The van der Waals surface area contributed by atoms with Gasteiger partial charge in [-0.3, -0.25) is 14.9 Å². The van der Waals surface area contributed by atoms with E-state index in [0.29, 0.717) is 12.8 Å². The minimum atomic E-state index is -0.867. The van der Waals surface area contributed by atoms with Crippen molar-refractivity contribution in [3.8, 4) is 0 Å². The highest BCUT2D eigenvalue weighted by Crippen LogP contribution is 2.12. The zero-order valence-electron chi connectivity index (χ0n) is 6.74. The number of carbonyl (C=O) groups is 2. The summed E-state index contributed by atoms with van der Waals surface area (Å²) in [7, 11) is 0. The van der Waals surface area contributed by atoms with E-state index in [1.54, 1.807) is 0 Å². The Labute approximate surface area is 76.7 Å². The number of carboxylic acid groups (broad SMARTS) is 1. The molecular weight excluding hydrogens is 182 g/mol. The van der Waals surface area contributed by atoms with E-state index in [0.717, 1.165) is 0 Å². The van der Waals surface area contributed by atoms with Gasteiger partial charge in [-0.1, -0.05) is 0 Å². The van der Waals surface area contributed by atoms with Crippen LogP contribution in [0.25, 0.3) is 0 Å². The molecule has 0 aromatic heterocycles. The van der Waals surface area contributed by atoms with Gasteiger partial charge in [0, 0.05) is 0 Å². The van der Waals surface area contributed by atoms with Crippen LogP contribution in [0, 0.1) is 0 Å². The molecule has 2 atom stereocenters. The second-order valence-corrected chi connectivity index (χ2v) is 2.80. The van der Waals surface area contributed by atoms with Gasteiger partial charge in [0.2, 0.25) is 0 Å². The SMILES string of the molecule is CC(=O)C1CCC(C(=O)O)N1.Cl. The highest BCUT2D eigenvalue weighted by molar-refractivity contribution is 5.85. The zero-order chi connectivity index (χ0) is 8.43. The van der Waals surface area contributed by atoms with E-state index in [-0.39, 0.29) is 24.2 Å². The molecule has 0 bridgehead atoms. The van der Waals surface area contributed by atoms with Crippen LogP contribution in [0.4, 0.5) is 0 Å². The third-order valence-electron chi connectivity index (χ3n) is 1.94. The van der Waals surface area contributed by atoms with Crippen LogP contribution < -0.4 is 5.32 Å². The van der Waals surface area contributed by atoms with Crippen molar-refractivity contribution < 1.29 is 14.7 Å². The van der Waals surface area contributed by atoms with E-state index in [4.69, 9.17) is 5.11 Å². The predicted octanol–water partition coefficient (Wildman–Crippen LogP) is 0.202. The standard InChI is InChI=1S/C7H11NO3.ClH/c1-4(9)5-2-3-6(8-5)7(10)11;/h5-6,8H,2-3H2,1H3,(H,10,11);1H. The first kappa shape index (κ1) is 11.4. The predicted molar refractivity (Wildman–Crippen MR) is 45.5 cm³/mol. The Morgan fingerprint density at radius 3 is 2.08 bits per heavy atom. The Balaban J connectivity index is 0.00000121. The van der Waals surface area contributed by atoms with Gasteiger partial charge in [-0.15, -0.1) is 12.4 Å². The van der Waals surface area contributed by atoms with Gasteiger partial charge >= 0.3 is 5.97 Å². The van der Waals surface area contributed by atoms with Crippen molar-refractivity contribution in [2.45, 2.75) is 31.8 Å². The molecule has 1 aliphatic heterocycles. The van der Waals surface area contributed by atoms with Crippen molar-refractivity contribution in [3.05, 3.63) is 0 Å². The second kappa shape index (κ2) is 4.42. The number of nitrogens with one attached hydrogen (secondary N) is 1. The molecular formula is C7H12ClNO3. The molecule has 12 heavy (non-hydrogen) atoms. The monoisotopic (exact) mass is 193 g/mol. The van der Waals surface area contributed by atoms with Gasteiger partial charge in [0.15, 0.2) is 0 Å². The van der Waals surface area contributed by atoms with E-state index < -0.39 is 12.0 Å². The first-order valence-corrected chi connectivity index (χ1v) is 3.60. The van der Waals surface area contributed by atoms with Crippen molar-refractivity contribution in [1.29, 1.82) is 0 Å². The maximum absolute atomic E-state index is 10.8. The molecule has 2 unspecified atom stereocenters. The highest BCUT2D eigenvalue weighted by Gasteiger charge is 2.30. The number of carboxylic acids is 1. The minimum Gasteiger partial charge on any atom is -0.480 e. The molecule has 1 heterocycles. The highest BCUT2D eigenvalue weighted by atomic mass is 35.5. The molecule has 0 saturated carbocycles. The average molecular weight is 194 g/mol. The lowest BCUT2D eigenvalue weighted by Crippen LogP contribution is -2.38. The van der Waals surface area contributed by atoms with Crippen LogP contribution in [-0.2, 0) is 9.59 Å². The van der Waals surface area contributed by atoms with Crippen LogP contribution in [0.15, 0.2) is 0 Å². The first-order valence-electron chi connectivity index (χ1n) is 3.60. The van der Waals surface area contributed by atoms with Gasteiger partial charge in [-0.25, -0.2) is 0 Å². The molecule has 0 radical (unpaired) electrons. The fraction of sp³-hybridized carbons (Fsp3) is 0.714. The van der Waals surface area contributed by atoms with Gasteiger partial charge in [0.25, 0.3) is 0 Å². The molecule has 0 spiro atoms. The van der Waals surface area contributed by atoms with Crippen LogP contribution in [0.1, 0.15) is 19.8 Å². The lowest BCUT2D eigenvalue weighted by molar-refractivity contribution is -0.139. The van der Waals surface area contributed by atoms with Crippen LogP contribution in [0.5, 0.6) is 0 Å². The van der Waals surface area contributed by atoms with E-state index in [2.05, 4.69) is 5.32 Å². The molecule has 0 aromatic carbocycles. The van der Waals surface area contributed by atoms with Gasteiger partial charge in [-0.05, 0) is 19.8 Å². The summed E-state index contributed by atoms with van der Waals surface area (Å²) < 4.78 is 0. The fourth-order valence-electron chi connectivity index (χ4n) is 1.26. The Morgan fingerprint density at radius 2 is 1.83 bits per heavy atom. The molecule has 5 heteroatoms. The molecule has 0 aromatic rings. The molecule has 70 valence electrons. The molecule has 1 aliphatic rings. The summed E-state index contributed by atoms with van der Waals surface area (Å²) >= 11 is 0. The second-order valence-electron chi connectivity index (χ2n) is 2.80. The van der Waals surface area contributed by atoms with Gasteiger partial charge < -0.3 is 5.11 Å². The molecule has 2 N–H and O–H groups in total. The minimum absolute atomic E-state index is 0. The van der Waals surface area contributed by atoms with E-state index in [1.165, 1.54) is 6.92 Å². The number of rotatable bonds is 2.